The summed E-state index contributed by atoms with van der Waals surface area (Å²) in [4.78, 5) is 0. The van der Waals surface area contributed by atoms with E-state index >= 15 is 0 Å². The molecule has 1 aromatic carbocycles. The van der Waals surface area contributed by atoms with Crippen molar-refractivity contribution in [3.63, 3.8) is 0 Å². The lowest BCUT2D eigenvalue weighted by atomic mass is 9.88. The molecule has 0 spiro atoms. The largest absolute Gasteiger partial charge is 0.492 e. The van der Waals surface area contributed by atoms with Gasteiger partial charge >= 0.3 is 0 Å². The van der Waals surface area contributed by atoms with E-state index in [1.807, 2.05) is 32.0 Å². The molecule has 1 atom stereocenters. The number of ether oxygens (including phenoxy) is 1. The van der Waals surface area contributed by atoms with E-state index in [0.29, 0.717) is 30.2 Å². The first-order valence-electron chi connectivity index (χ1n) is 5.84. The van der Waals surface area contributed by atoms with E-state index in [1.54, 1.807) is 0 Å². The first-order chi connectivity index (χ1) is 8.01. The molecule has 0 saturated carbocycles. The molecule has 0 radical (unpaired) electrons. The van der Waals surface area contributed by atoms with Crippen molar-refractivity contribution in [1.29, 1.82) is 0 Å². The van der Waals surface area contributed by atoms with Crippen LogP contribution in [-0.2, 0) is 5.54 Å². The maximum atomic E-state index is 8.84. The van der Waals surface area contributed by atoms with Gasteiger partial charge in [0.1, 0.15) is 5.75 Å². The van der Waals surface area contributed by atoms with Crippen molar-refractivity contribution in [2.75, 3.05) is 13.2 Å². The Balaban J connectivity index is 2.88. The summed E-state index contributed by atoms with van der Waals surface area (Å²) in [7, 11) is 0. The third-order valence-electron chi connectivity index (χ3n) is 2.75. The normalized spacial score (nSPS) is 14.4. The van der Waals surface area contributed by atoms with Crippen molar-refractivity contribution in [2.24, 2.45) is 5.73 Å². The van der Waals surface area contributed by atoms with Crippen LogP contribution in [0, 0.1) is 0 Å². The average molecular weight is 258 g/mol. The van der Waals surface area contributed by atoms with Gasteiger partial charge in [-0.25, -0.2) is 0 Å². The van der Waals surface area contributed by atoms with Crippen LogP contribution in [-0.4, -0.2) is 18.3 Å². The van der Waals surface area contributed by atoms with Gasteiger partial charge < -0.3 is 15.6 Å². The van der Waals surface area contributed by atoms with E-state index < -0.39 is 5.54 Å². The SMILES string of the molecule is CCOc1ccc(C(C)(N)CCCO)cc1Cl. The van der Waals surface area contributed by atoms with Crippen molar-refractivity contribution in [3.05, 3.63) is 28.8 Å². The van der Waals surface area contributed by atoms with Crippen LogP contribution >= 0.6 is 11.6 Å². The van der Waals surface area contributed by atoms with Crippen LogP contribution in [0.1, 0.15) is 32.3 Å². The highest BCUT2D eigenvalue weighted by Gasteiger charge is 2.21. The minimum absolute atomic E-state index is 0.150. The van der Waals surface area contributed by atoms with Gasteiger partial charge in [-0.05, 0) is 44.4 Å². The molecule has 1 rings (SSSR count). The second-order valence-electron chi connectivity index (χ2n) is 4.32. The molecule has 1 aromatic rings. The van der Waals surface area contributed by atoms with Crippen molar-refractivity contribution in [1.82, 2.24) is 0 Å². The third-order valence-corrected chi connectivity index (χ3v) is 3.04. The first kappa shape index (κ1) is 14.3. The number of hydrogen-bond donors (Lipinski definition) is 2. The number of aliphatic hydroxyl groups excluding tert-OH is 1. The Morgan fingerprint density at radius 2 is 2.18 bits per heavy atom. The summed E-state index contributed by atoms with van der Waals surface area (Å²) in [5.74, 6) is 0.677. The molecule has 3 nitrogen and oxygen atoms in total. The highest BCUT2D eigenvalue weighted by molar-refractivity contribution is 6.32. The Kier molecular flexibility index (Phi) is 5.25. The zero-order valence-electron chi connectivity index (χ0n) is 10.4. The predicted octanol–water partition coefficient (Wildman–Crippen LogP) is 2.69. The minimum Gasteiger partial charge on any atom is -0.492 e. The first-order valence-corrected chi connectivity index (χ1v) is 6.21. The lowest BCUT2D eigenvalue weighted by Gasteiger charge is -2.25. The number of benzene rings is 1. The number of rotatable bonds is 6. The summed E-state index contributed by atoms with van der Waals surface area (Å²) in [6.45, 7) is 4.59. The molecular weight excluding hydrogens is 238 g/mol. The van der Waals surface area contributed by atoms with Crippen molar-refractivity contribution in [2.45, 2.75) is 32.2 Å². The third kappa shape index (κ3) is 3.87. The van der Waals surface area contributed by atoms with Crippen LogP contribution < -0.4 is 10.5 Å². The summed E-state index contributed by atoms with van der Waals surface area (Å²) < 4.78 is 5.37. The van der Waals surface area contributed by atoms with Gasteiger partial charge in [-0.15, -0.1) is 0 Å². The molecule has 4 heteroatoms. The van der Waals surface area contributed by atoms with Gasteiger partial charge in [0, 0.05) is 12.1 Å². The van der Waals surface area contributed by atoms with Crippen LogP contribution in [0.25, 0.3) is 0 Å². The molecule has 0 aliphatic heterocycles. The van der Waals surface area contributed by atoms with Crippen molar-refractivity contribution in [3.8, 4) is 5.75 Å². The lowest BCUT2D eigenvalue weighted by molar-refractivity contribution is 0.265. The molecular formula is C13H20ClNO2. The smallest absolute Gasteiger partial charge is 0.137 e. The summed E-state index contributed by atoms with van der Waals surface area (Å²) in [5.41, 5.74) is 6.69. The maximum absolute atomic E-state index is 8.84. The van der Waals surface area contributed by atoms with Gasteiger partial charge in [-0.1, -0.05) is 17.7 Å². The fraction of sp³-hybridized carbons (Fsp3) is 0.538. The molecule has 0 aliphatic rings. The molecule has 17 heavy (non-hydrogen) atoms. The molecule has 3 N–H and O–H groups in total. The van der Waals surface area contributed by atoms with E-state index in [0.717, 1.165) is 5.56 Å². The van der Waals surface area contributed by atoms with Gasteiger partial charge in [0.2, 0.25) is 0 Å². The van der Waals surface area contributed by atoms with E-state index in [9.17, 15) is 0 Å². The van der Waals surface area contributed by atoms with Crippen LogP contribution in [0.2, 0.25) is 5.02 Å². The second-order valence-corrected chi connectivity index (χ2v) is 4.73. The molecule has 0 bridgehead atoms. The monoisotopic (exact) mass is 257 g/mol. The Morgan fingerprint density at radius 3 is 2.71 bits per heavy atom. The van der Waals surface area contributed by atoms with Gasteiger partial charge in [0.05, 0.1) is 11.6 Å². The highest BCUT2D eigenvalue weighted by atomic mass is 35.5. The fourth-order valence-electron chi connectivity index (χ4n) is 1.72. The van der Waals surface area contributed by atoms with Crippen molar-refractivity contribution >= 4 is 11.6 Å². The summed E-state index contributed by atoms with van der Waals surface area (Å²) in [5, 5.41) is 9.42. The Hall–Kier alpha value is -0.770. The topological polar surface area (TPSA) is 55.5 Å². The predicted molar refractivity (Wildman–Crippen MR) is 70.5 cm³/mol. The van der Waals surface area contributed by atoms with Crippen LogP contribution in [0.3, 0.4) is 0 Å². The maximum Gasteiger partial charge on any atom is 0.137 e. The summed E-state index contributed by atoms with van der Waals surface area (Å²) in [6.07, 6.45) is 1.39. The second kappa shape index (κ2) is 6.24. The fourth-order valence-corrected chi connectivity index (χ4v) is 1.95. The Labute approximate surface area is 108 Å². The molecule has 1 unspecified atom stereocenters. The molecule has 0 saturated heterocycles. The van der Waals surface area contributed by atoms with Gasteiger partial charge in [-0.2, -0.15) is 0 Å². The average Bonchev–Trinajstić information content (AvgIpc) is 2.29. The number of halogens is 1. The number of nitrogens with two attached hydrogens (primary N) is 1. The van der Waals surface area contributed by atoms with Crippen LogP contribution in [0.4, 0.5) is 0 Å². The number of aliphatic hydroxyl groups is 1. The summed E-state index contributed by atoms with van der Waals surface area (Å²) in [6, 6.07) is 5.60. The Bertz CT molecular complexity index is 366. The minimum atomic E-state index is -0.475. The van der Waals surface area contributed by atoms with Crippen LogP contribution in [0.15, 0.2) is 18.2 Å². The molecule has 96 valence electrons. The van der Waals surface area contributed by atoms with E-state index in [1.165, 1.54) is 0 Å². The lowest BCUT2D eigenvalue weighted by Crippen LogP contribution is -2.33. The van der Waals surface area contributed by atoms with Gasteiger partial charge in [0.25, 0.3) is 0 Å². The zero-order chi connectivity index (χ0) is 12.9. The highest BCUT2D eigenvalue weighted by Crippen LogP contribution is 2.31. The quantitative estimate of drug-likeness (QED) is 0.824. The molecule has 0 aromatic heterocycles. The molecule has 0 fully saturated rings. The molecule has 0 heterocycles. The standard InChI is InChI=1S/C13H20ClNO2/c1-3-17-12-6-5-10(9-11(12)14)13(2,15)7-4-8-16/h5-6,9,16H,3-4,7-8,15H2,1-2H3. The van der Waals surface area contributed by atoms with Gasteiger partial charge in [-0.3, -0.25) is 0 Å². The van der Waals surface area contributed by atoms with Gasteiger partial charge in [0.15, 0.2) is 0 Å². The Morgan fingerprint density at radius 1 is 1.47 bits per heavy atom. The van der Waals surface area contributed by atoms with E-state index in [4.69, 9.17) is 27.2 Å². The number of hydrogen-bond acceptors (Lipinski definition) is 3. The van der Waals surface area contributed by atoms with E-state index in [-0.39, 0.29) is 6.61 Å². The summed E-state index contributed by atoms with van der Waals surface area (Å²) >= 11 is 6.12. The van der Waals surface area contributed by atoms with Crippen molar-refractivity contribution < 1.29 is 9.84 Å². The zero-order valence-corrected chi connectivity index (χ0v) is 11.1. The molecule has 0 aliphatic carbocycles. The van der Waals surface area contributed by atoms with Crippen LogP contribution in [0.5, 0.6) is 5.75 Å². The van der Waals surface area contributed by atoms with E-state index in [2.05, 4.69) is 0 Å². The molecule has 0 amide bonds.